The summed E-state index contributed by atoms with van der Waals surface area (Å²) in [7, 11) is 0. The number of alkyl halides is 3. The first-order valence-corrected chi connectivity index (χ1v) is 4.22. The van der Waals surface area contributed by atoms with Gasteiger partial charge in [0, 0.05) is 5.56 Å². The van der Waals surface area contributed by atoms with Gasteiger partial charge < -0.3 is 5.11 Å². The summed E-state index contributed by atoms with van der Waals surface area (Å²) in [5, 5.41) is 5.57. The molecule has 1 unspecified atom stereocenters. The van der Waals surface area contributed by atoms with Crippen LogP contribution in [0.15, 0.2) is 30.3 Å². The van der Waals surface area contributed by atoms with E-state index in [-0.39, 0.29) is 0 Å². The van der Waals surface area contributed by atoms with Crippen LogP contribution in [-0.2, 0) is 10.7 Å². The molecule has 0 heterocycles. The zero-order valence-corrected chi connectivity index (χ0v) is 8.08. The second-order valence-corrected chi connectivity index (χ2v) is 3.10. The van der Waals surface area contributed by atoms with E-state index >= 15 is 0 Å². The van der Waals surface area contributed by atoms with Crippen molar-refractivity contribution in [3.63, 3.8) is 0 Å². The summed E-state index contributed by atoms with van der Waals surface area (Å²) < 4.78 is 64.4. The second-order valence-electron chi connectivity index (χ2n) is 3.10. The van der Waals surface area contributed by atoms with Gasteiger partial charge in [-0.3, -0.25) is 0 Å². The number of nitrogens with zero attached hydrogens (tertiary/aromatic N) is 1. The standard InChI is InChI=1S/C9H6F5NO2/c10-8(11,6-4-2-1-3-5-6)9(12,7(16)17)15(13)14/h1-5H,(H,16,17). The maximum atomic E-state index is 13.4. The third-order valence-electron chi connectivity index (χ3n) is 2.07. The number of hydrogen-bond acceptors (Lipinski definition) is 2. The van der Waals surface area contributed by atoms with E-state index in [1.54, 1.807) is 0 Å². The van der Waals surface area contributed by atoms with E-state index in [0.717, 1.165) is 12.1 Å². The number of hydrogen-bond donors (Lipinski definition) is 1. The lowest BCUT2D eigenvalue weighted by atomic mass is 9.99. The van der Waals surface area contributed by atoms with E-state index in [4.69, 9.17) is 5.11 Å². The summed E-state index contributed by atoms with van der Waals surface area (Å²) in [6, 6.07) is 4.70. The van der Waals surface area contributed by atoms with E-state index in [9.17, 15) is 26.9 Å². The van der Waals surface area contributed by atoms with E-state index in [1.165, 1.54) is 6.07 Å². The Bertz CT molecular complexity index is 411. The van der Waals surface area contributed by atoms with Crippen molar-refractivity contribution in [1.82, 2.24) is 5.34 Å². The fourth-order valence-electron chi connectivity index (χ4n) is 1.15. The molecular weight excluding hydrogens is 249 g/mol. The molecule has 1 atom stereocenters. The topological polar surface area (TPSA) is 40.5 Å². The van der Waals surface area contributed by atoms with Crippen molar-refractivity contribution in [1.29, 1.82) is 0 Å². The number of rotatable bonds is 4. The third kappa shape index (κ3) is 1.95. The number of carboxylic acids is 1. The van der Waals surface area contributed by atoms with Crippen LogP contribution in [0.2, 0.25) is 0 Å². The van der Waals surface area contributed by atoms with Crippen LogP contribution in [0.25, 0.3) is 0 Å². The molecule has 1 aromatic carbocycles. The minimum absolute atomic E-state index is 0.654. The largest absolute Gasteiger partial charge is 0.478 e. The fourth-order valence-corrected chi connectivity index (χ4v) is 1.15. The zero-order valence-electron chi connectivity index (χ0n) is 8.08. The van der Waals surface area contributed by atoms with E-state index in [0.29, 0.717) is 12.1 Å². The molecule has 0 amide bonds. The lowest BCUT2D eigenvalue weighted by Crippen LogP contribution is -2.55. The van der Waals surface area contributed by atoms with Gasteiger partial charge in [0.05, 0.1) is 5.34 Å². The normalized spacial score (nSPS) is 15.6. The Morgan fingerprint density at radius 2 is 1.59 bits per heavy atom. The number of carbonyl (C=O) groups is 1. The Morgan fingerprint density at radius 1 is 1.12 bits per heavy atom. The van der Waals surface area contributed by atoms with Gasteiger partial charge in [-0.15, -0.1) is 0 Å². The van der Waals surface area contributed by atoms with Crippen molar-refractivity contribution in [2.24, 2.45) is 0 Å². The maximum Gasteiger partial charge on any atom is 0.382 e. The molecule has 0 aliphatic rings. The van der Waals surface area contributed by atoms with Crippen molar-refractivity contribution in [3.8, 4) is 0 Å². The summed E-state index contributed by atoms with van der Waals surface area (Å²) >= 11 is 0. The van der Waals surface area contributed by atoms with E-state index in [2.05, 4.69) is 0 Å². The molecule has 0 aliphatic carbocycles. The predicted molar refractivity (Wildman–Crippen MR) is 45.9 cm³/mol. The first kappa shape index (κ1) is 13.4. The molecule has 94 valence electrons. The molecule has 0 saturated carbocycles. The first-order chi connectivity index (χ1) is 7.74. The maximum absolute atomic E-state index is 13.4. The van der Waals surface area contributed by atoms with Crippen LogP contribution in [0.5, 0.6) is 0 Å². The van der Waals surface area contributed by atoms with Gasteiger partial charge in [-0.25, -0.2) is 9.18 Å². The van der Waals surface area contributed by atoms with Crippen LogP contribution in [0.4, 0.5) is 22.1 Å². The lowest BCUT2D eigenvalue weighted by molar-refractivity contribution is -0.339. The Kier molecular flexibility index (Phi) is 3.37. The van der Waals surface area contributed by atoms with Gasteiger partial charge in [0.15, 0.2) is 0 Å². The molecule has 1 N–H and O–H groups in total. The predicted octanol–water partition coefficient (Wildman–Crippen LogP) is 2.60. The molecule has 1 aromatic rings. The highest BCUT2D eigenvalue weighted by molar-refractivity contribution is 5.78. The highest BCUT2D eigenvalue weighted by Gasteiger charge is 2.68. The van der Waals surface area contributed by atoms with Crippen molar-refractivity contribution >= 4 is 5.97 Å². The molecule has 0 bridgehead atoms. The molecular formula is C9H6F5NO2. The fraction of sp³-hybridized carbons (Fsp3) is 0.222. The van der Waals surface area contributed by atoms with Gasteiger partial charge in [0.25, 0.3) is 0 Å². The Hall–Kier alpha value is -1.70. The van der Waals surface area contributed by atoms with Crippen molar-refractivity contribution in [2.75, 3.05) is 0 Å². The van der Waals surface area contributed by atoms with Gasteiger partial charge in [-0.2, -0.15) is 8.78 Å². The van der Waals surface area contributed by atoms with Gasteiger partial charge in [0.2, 0.25) is 0 Å². The molecule has 0 radical (unpaired) electrons. The number of aliphatic carboxylic acids is 1. The first-order valence-electron chi connectivity index (χ1n) is 4.22. The molecule has 3 nitrogen and oxygen atoms in total. The van der Waals surface area contributed by atoms with Crippen molar-refractivity contribution < 1.29 is 32.0 Å². The average molecular weight is 255 g/mol. The van der Waals surface area contributed by atoms with Gasteiger partial charge in [0.1, 0.15) is 0 Å². The number of carboxylic acid groups (broad SMARTS) is 1. The zero-order chi connectivity index (χ0) is 13.3. The Balaban J connectivity index is 3.33. The summed E-state index contributed by atoms with van der Waals surface area (Å²) in [6.07, 6.45) is 0. The monoisotopic (exact) mass is 255 g/mol. The Labute approximate surface area is 91.9 Å². The minimum Gasteiger partial charge on any atom is -0.478 e. The van der Waals surface area contributed by atoms with Gasteiger partial charge in [-0.1, -0.05) is 39.3 Å². The van der Waals surface area contributed by atoms with Crippen LogP contribution in [0.3, 0.4) is 0 Å². The van der Waals surface area contributed by atoms with Crippen LogP contribution in [-0.4, -0.2) is 22.2 Å². The SMILES string of the molecule is O=C(O)C(F)(N(F)F)C(F)(F)c1ccccc1. The molecule has 0 spiro atoms. The van der Waals surface area contributed by atoms with Gasteiger partial charge >= 0.3 is 17.7 Å². The van der Waals surface area contributed by atoms with Crippen LogP contribution in [0, 0.1) is 0 Å². The van der Waals surface area contributed by atoms with Crippen LogP contribution < -0.4 is 0 Å². The van der Waals surface area contributed by atoms with Crippen molar-refractivity contribution in [2.45, 2.75) is 11.7 Å². The summed E-state index contributed by atoms with van der Waals surface area (Å²) in [5.74, 6) is -13.0. The van der Waals surface area contributed by atoms with Crippen LogP contribution in [0.1, 0.15) is 5.56 Å². The van der Waals surface area contributed by atoms with Crippen LogP contribution >= 0.6 is 0 Å². The molecule has 1 rings (SSSR count). The average Bonchev–Trinajstić information content (AvgIpc) is 2.28. The summed E-state index contributed by atoms with van der Waals surface area (Å²) in [6.45, 7) is 0. The highest BCUT2D eigenvalue weighted by Crippen LogP contribution is 2.44. The molecule has 0 fully saturated rings. The molecule has 0 saturated heterocycles. The van der Waals surface area contributed by atoms with Crippen molar-refractivity contribution in [3.05, 3.63) is 35.9 Å². The summed E-state index contributed by atoms with van der Waals surface area (Å²) in [5.41, 5.74) is -1.16. The molecule has 0 aliphatic heterocycles. The molecule has 8 heteroatoms. The smallest absolute Gasteiger partial charge is 0.382 e. The van der Waals surface area contributed by atoms with Gasteiger partial charge in [-0.05, 0) is 0 Å². The molecule has 0 aromatic heterocycles. The quantitative estimate of drug-likeness (QED) is 0.510. The third-order valence-corrected chi connectivity index (χ3v) is 2.07. The number of benzene rings is 1. The van der Waals surface area contributed by atoms with E-state index < -0.39 is 28.6 Å². The lowest BCUT2D eigenvalue weighted by Gasteiger charge is -2.29. The molecule has 17 heavy (non-hydrogen) atoms. The highest BCUT2D eigenvalue weighted by atomic mass is 19.4. The second kappa shape index (κ2) is 4.28. The van der Waals surface area contributed by atoms with E-state index in [1.807, 2.05) is 0 Å². The number of halogens is 5. The Morgan fingerprint density at radius 3 is 1.94 bits per heavy atom. The summed E-state index contributed by atoms with van der Waals surface area (Å²) in [4.78, 5) is 10.3. The minimum atomic E-state index is -5.12.